The van der Waals surface area contributed by atoms with Gasteiger partial charge in [-0.05, 0) is 55.7 Å². The number of hydrogen-bond donors (Lipinski definition) is 0. The molecule has 0 amide bonds. The minimum absolute atomic E-state index is 0. The second-order valence-electron chi connectivity index (χ2n) is 9.91. The first-order valence-corrected chi connectivity index (χ1v) is 13.4. The lowest BCUT2D eigenvalue weighted by molar-refractivity contribution is 0.212. The van der Waals surface area contributed by atoms with Gasteiger partial charge in [-0.1, -0.05) is 30.3 Å². The molecule has 0 unspecified atom stereocenters. The van der Waals surface area contributed by atoms with Crippen molar-refractivity contribution in [1.82, 2.24) is 19.4 Å². The number of piperazine rings is 1. The first-order valence-electron chi connectivity index (χ1n) is 13.4. The maximum Gasteiger partial charge on any atom is 0.147 e. The molecule has 10 heteroatoms. The summed E-state index contributed by atoms with van der Waals surface area (Å²) in [5.74, 6) is 0.961. The van der Waals surface area contributed by atoms with Crippen LogP contribution in [-0.2, 0) is 17.9 Å². The molecule has 0 saturated carbocycles. The minimum Gasteiger partial charge on any atom is -0.485 e. The van der Waals surface area contributed by atoms with Gasteiger partial charge in [0.1, 0.15) is 37.2 Å². The van der Waals surface area contributed by atoms with Gasteiger partial charge in [0.2, 0.25) is 0 Å². The number of halogens is 2. The highest BCUT2D eigenvalue weighted by molar-refractivity contribution is 5.99. The highest BCUT2D eigenvalue weighted by atomic mass is 35.5. The monoisotopic (exact) mass is 582 g/mol. The van der Waals surface area contributed by atoms with Gasteiger partial charge in [-0.25, -0.2) is 4.98 Å². The third kappa shape index (κ3) is 5.61. The molecule has 0 N–H and O–H groups in total. The highest BCUT2D eigenvalue weighted by Crippen LogP contribution is 2.35. The van der Waals surface area contributed by atoms with Crippen molar-refractivity contribution in [2.45, 2.75) is 33.3 Å². The maximum absolute atomic E-state index is 6.33. The summed E-state index contributed by atoms with van der Waals surface area (Å²) in [6.45, 7) is 9.69. The van der Waals surface area contributed by atoms with Gasteiger partial charge in [-0.15, -0.1) is 24.8 Å². The molecule has 1 saturated heterocycles. The first kappa shape index (κ1) is 29.6. The van der Waals surface area contributed by atoms with Gasteiger partial charge in [-0.3, -0.25) is 14.5 Å². The van der Waals surface area contributed by atoms with E-state index < -0.39 is 0 Å². The number of para-hydroxylation sites is 1. The van der Waals surface area contributed by atoms with Crippen LogP contribution in [0.4, 0.5) is 5.69 Å². The normalized spacial score (nSPS) is 15.0. The fraction of sp³-hybridized carbons (Fsp3) is 0.367. The second kappa shape index (κ2) is 12.9. The number of aromatic nitrogens is 3. The smallest absolute Gasteiger partial charge is 0.147 e. The molecule has 212 valence electrons. The number of rotatable bonds is 7. The molecule has 0 atom stereocenters. The van der Waals surface area contributed by atoms with Crippen molar-refractivity contribution in [2.75, 3.05) is 44.7 Å². The zero-order chi connectivity index (χ0) is 26.1. The molecule has 0 radical (unpaired) electrons. The van der Waals surface area contributed by atoms with Crippen LogP contribution in [0.1, 0.15) is 36.0 Å². The number of aryl methyl sites for hydroxylation is 1. The van der Waals surface area contributed by atoms with E-state index in [2.05, 4.69) is 80.0 Å². The van der Waals surface area contributed by atoms with Crippen molar-refractivity contribution >= 4 is 47.1 Å². The molecule has 2 aliphatic heterocycles. The Morgan fingerprint density at radius 1 is 1.00 bits per heavy atom. The molecule has 2 aromatic carbocycles. The van der Waals surface area contributed by atoms with E-state index in [1.165, 1.54) is 16.6 Å². The molecule has 0 bridgehead atoms. The van der Waals surface area contributed by atoms with Gasteiger partial charge in [-0.2, -0.15) is 0 Å². The molecule has 2 aromatic heterocycles. The summed E-state index contributed by atoms with van der Waals surface area (Å²) in [4.78, 5) is 19.4. The largest absolute Gasteiger partial charge is 0.485 e. The molecular weight excluding hydrogens is 547 g/mol. The Bertz CT molecular complexity index is 1500. The summed E-state index contributed by atoms with van der Waals surface area (Å²) in [5, 5.41) is 5.40. The summed E-state index contributed by atoms with van der Waals surface area (Å²) >= 11 is 0. The summed E-state index contributed by atoms with van der Waals surface area (Å²) in [5.41, 5.74) is 8.40. The molecule has 6 rings (SSSR count). The Hall–Kier alpha value is -3.33. The van der Waals surface area contributed by atoms with Gasteiger partial charge >= 0.3 is 0 Å². The topological polar surface area (TPSA) is 68.0 Å². The molecule has 4 heterocycles. The van der Waals surface area contributed by atoms with Crippen LogP contribution in [-0.4, -0.2) is 65.0 Å². The van der Waals surface area contributed by atoms with Crippen LogP contribution < -0.4 is 9.64 Å². The van der Waals surface area contributed by atoms with Gasteiger partial charge in [0.05, 0.1) is 16.9 Å². The molecule has 8 nitrogen and oxygen atoms in total. The molecule has 40 heavy (non-hydrogen) atoms. The number of fused-ring (bicyclic) bond motifs is 4. The third-order valence-corrected chi connectivity index (χ3v) is 7.62. The van der Waals surface area contributed by atoms with E-state index in [0.29, 0.717) is 6.61 Å². The average Bonchev–Trinajstić information content (AvgIpc) is 3.39. The van der Waals surface area contributed by atoms with Gasteiger partial charge < -0.3 is 14.5 Å². The number of benzene rings is 2. The SMILES string of the molecule is CCC(=NOC)c1ncn2c1COc1c(CCN3CCN(c4cccc5nc(C)ccc45)CC3)cccc1-2.Cl.Cl. The minimum atomic E-state index is 0. The number of imidazole rings is 1. The van der Waals surface area contributed by atoms with E-state index in [4.69, 9.17) is 14.6 Å². The average molecular weight is 584 g/mol. The lowest BCUT2D eigenvalue weighted by Gasteiger charge is -2.36. The van der Waals surface area contributed by atoms with Gasteiger partial charge in [0, 0.05) is 49.5 Å². The van der Waals surface area contributed by atoms with Crippen molar-refractivity contribution in [3.8, 4) is 11.4 Å². The van der Waals surface area contributed by atoms with Crippen LogP contribution in [0.2, 0.25) is 0 Å². The maximum atomic E-state index is 6.33. The predicted molar refractivity (Wildman–Crippen MR) is 165 cm³/mol. The van der Waals surface area contributed by atoms with E-state index in [0.717, 1.165) is 85.3 Å². The number of hydrogen-bond acceptors (Lipinski definition) is 7. The molecule has 0 spiro atoms. The summed E-state index contributed by atoms with van der Waals surface area (Å²) in [7, 11) is 1.57. The number of ether oxygens (including phenoxy) is 1. The van der Waals surface area contributed by atoms with E-state index in [-0.39, 0.29) is 24.8 Å². The Morgan fingerprint density at radius 2 is 1.77 bits per heavy atom. The molecule has 0 aliphatic carbocycles. The van der Waals surface area contributed by atoms with E-state index in [9.17, 15) is 0 Å². The van der Waals surface area contributed by atoms with Gasteiger partial charge in [0.25, 0.3) is 0 Å². The van der Waals surface area contributed by atoms with E-state index in [1.54, 1.807) is 7.11 Å². The van der Waals surface area contributed by atoms with Crippen molar-refractivity contribution in [2.24, 2.45) is 5.16 Å². The Morgan fingerprint density at radius 3 is 2.55 bits per heavy atom. The number of oxime groups is 1. The van der Waals surface area contributed by atoms with Crippen LogP contribution in [0.15, 0.2) is 60.0 Å². The molecule has 2 aliphatic rings. The Kier molecular flexibility index (Phi) is 9.56. The third-order valence-electron chi connectivity index (χ3n) is 7.62. The molecule has 4 aromatic rings. The fourth-order valence-electron chi connectivity index (χ4n) is 5.62. The quantitative estimate of drug-likeness (QED) is 0.209. The summed E-state index contributed by atoms with van der Waals surface area (Å²) < 4.78 is 8.46. The van der Waals surface area contributed by atoms with Crippen molar-refractivity contribution in [3.63, 3.8) is 0 Å². The van der Waals surface area contributed by atoms with Crippen molar-refractivity contribution in [3.05, 3.63) is 77.5 Å². The number of anilines is 1. The fourth-order valence-corrected chi connectivity index (χ4v) is 5.62. The Balaban J connectivity index is 0.00000185. The standard InChI is InChI=1S/C30H34N6O2.2ClH/c1-4-24(33-37-3)29-28-19-38-30-22(7-5-10-27(30)36(28)20-31-29)13-14-34-15-17-35(18-16-34)26-9-6-8-25-23(26)12-11-21(2)32-25;;/h5-12,20H,4,13-19H2,1-3H3;2*1H. The zero-order valence-corrected chi connectivity index (χ0v) is 24.8. The first-order chi connectivity index (χ1) is 18.7. The van der Waals surface area contributed by atoms with Crippen LogP contribution in [0.3, 0.4) is 0 Å². The van der Waals surface area contributed by atoms with Crippen molar-refractivity contribution in [1.29, 1.82) is 0 Å². The molecular formula is C30H36Cl2N6O2. The Labute approximate surface area is 247 Å². The van der Waals surface area contributed by atoms with E-state index >= 15 is 0 Å². The predicted octanol–water partition coefficient (Wildman–Crippen LogP) is 5.59. The zero-order valence-electron chi connectivity index (χ0n) is 23.2. The lowest BCUT2D eigenvalue weighted by Crippen LogP contribution is -2.47. The summed E-state index contributed by atoms with van der Waals surface area (Å²) in [6, 6.07) is 17.2. The van der Waals surface area contributed by atoms with Crippen LogP contribution in [0.5, 0.6) is 5.75 Å². The van der Waals surface area contributed by atoms with Crippen LogP contribution >= 0.6 is 24.8 Å². The van der Waals surface area contributed by atoms with Crippen molar-refractivity contribution < 1.29 is 9.57 Å². The van der Waals surface area contributed by atoms with Crippen LogP contribution in [0, 0.1) is 6.92 Å². The number of nitrogens with zero attached hydrogens (tertiary/aromatic N) is 6. The molecule has 1 fully saturated rings. The summed E-state index contributed by atoms with van der Waals surface area (Å²) in [6.07, 6.45) is 3.57. The van der Waals surface area contributed by atoms with Crippen LogP contribution in [0.25, 0.3) is 16.6 Å². The second-order valence-corrected chi connectivity index (χ2v) is 9.91. The highest BCUT2D eigenvalue weighted by Gasteiger charge is 2.26. The number of pyridine rings is 1. The lowest BCUT2D eigenvalue weighted by atomic mass is 10.1. The van der Waals surface area contributed by atoms with E-state index in [1.807, 2.05) is 13.3 Å². The van der Waals surface area contributed by atoms with Gasteiger partial charge in [0.15, 0.2) is 0 Å².